The first-order valence-electron chi connectivity index (χ1n) is 5.53. The Kier molecular flexibility index (Phi) is 5.90. The van der Waals surface area contributed by atoms with Gasteiger partial charge in [0.05, 0.1) is 6.10 Å². The fraction of sp³-hybridized carbons (Fsp3) is 1.00. The molecular weight excluding hydrogens is 196 g/mol. The topological polar surface area (TPSA) is 29.5 Å². The number of hydrogen-bond donors (Lipinski definition) is 1. The molecule has 84 valence electrons. The van der Waals surface area contributed by atoms with Crippen LogP contribution in [-0.2, 0) is 4.74 Å². The molecule has 3 heteroatoms. The third kappa shape index (κ3) is 4.67. The van der Waals surface area contributed by atoms with Crippen molar-refractivity contribution in [3.05, 3.63) is 0 Å². The van der Waals surface area contributed by atoms with Crippen LogP contribution in [0.1, 0.15) is 26.7 Å². The van der Waals surface area contributed by atoms with E-state index < -0.39 is 0 Å². The van der Waals surface area contributed by atoms with Gasteiger partial charge >= 0.3 is 0 Å². The van der Waals surface area contributed by atoms with Gasteiger partial charge in [-0.15, -0.1) is 0 Å². The summed E-state index contributed by atoms with van der Waals surface area (Å²) >= 11 is 1.87. The molecule has 1 N–H and O–H groups in total. The minimum atomic E-state index is -0.123. The molecule has 1 unspecified atom stereocenters. The summed E-state index contributed by atoms with van der Waals surface area (Å²) in [4.78, 5) is 0. The lowest BCUT2D eigenvalue weighted by atomic mass is 9.95. The fourth-order valence-electron chi connectivity index (χ4n) is 1.66. The van der Waals surface area contributed by atoms with Gasteiger partial charge in [0.2, 0.25) is 0 Å². The lowest BCUT2D eigenvalue weighted by Gasteiger charge is -2.26. The van der Waals surface area contributed by atoms with Crippen molar-refractivity contribution in [2.75, 3.05) is 24.7 Å². The molecule has 1 aliphatic rings. The molecule has 0 saturated carbocycles. The van der Waals surface area contributed by atoms with Crippen LogP contribution < -0.4 is 0 Å². The maximum atomic E-state index is 9.91. The Morgan fingerprint density at radius 1 is 1.29 bits per heavy atom. The summed E-state index contributed by atoms with van der Waals surface area (Å²) in [6.07, 6.45) is 1.94. The van der Waals surface area contributed by atoms with Crippen molar-refractivity contribution in [2.24, 2.45) is 11.8 Å². The lowest BCUT2D eigenvalue weighted by molar-refractivity contribution is 0.0169. The van der Waals surface area contributed by atoms with E-state index >= 15 is 0 Å². The lowest BCUT2D eigenvalue weighted by Crippen LogP contribution is -2.29. The normalized spacial score (nSPS) is 21.4. The van der Waals surface area contributed by atoms with Gasteiger partial charge in [0.25, 0.3) is 0 Å². The van der Waals surface area contributed by atoms with Crippen molar-refractivity contribution < 1.29 is 9.84 Å². The molecular formula is C11H22O2S. The Balaban J connectivity index is 2.10. The van der Waals surface area contributed by atoms with Crippen LogP contribution in [0, 0.1) is 11.8 Å². The minimum Gasteiger partial charge on any atom is -0.392 e. The molecule has 1 rings (SSSR count). The molecule has 1 aliphatic heterocycles. The Morgan fingerprint density at radius 2 is 1.93 bits per heavy atom. The molecule has 0 spiro atoms. The van der Waals surface area contributed by atoms with Crippen molar-refractivity contribution in [3.8, 4) is 0 Å². The number of rotatable bonds is 5. The Morgan fingerprint density at radius 3 is 2.50 bits per heavy atom. The van der Waals surface area contributed by atoms with Crippen LogP contribution in [0.5, 0.6) is 0 Å². The second-order valence-electron chi connectivity index (χ2n) is 4.45. The Labute approximate surface area is 91.4 Å². The standard InChI is InChI=1S/C11H22O2S/c1-9(2)7-14-8-11(12)10-3-5-13-6-4-10/h9-12H,3-8H2,1-2H3. The molecule has 1 atom stereocenters. The summed E-state index contributed by atoms with van der Waals surface area (Å²) in [5.41, 5.74) is 0. The molecule has 1 saturated heterocycles. The first-order chi connectivity index (χ1) is 6.70. The van der Waals surface area contributed by atoms with Crippen LogP contribution in [0.3, 0.4) is 0 Å². The van der Waals surface area contributed by atoms with Gasteiger partial charge in [-0.05, 0) is 30.4 Å². The summed E-state index contributed by atoms with van der Waals surface area (Å²) in [7, 11) is 0. The zero-order valence-electron chi connectivity index (χ0n) is 9.24. The molecule has 0 aromatic carbocycles. The van der Waals surface area contributed by atoms with E-state index in [1.807, 2.05) is 11.8 Å². The predicted octanol–water partition coefficient (Wildman–Crippen LogP) is 2.16. The molecule has 0 bridgehead atoms. The van der Waals surface area contributed by atoms with Crippen LogP contribution in [0.4, 0.5) is 0 Å². The number of ether oxygens (including phenoxy) is 1. The van der Waals surface area contributed by atoms with Gasteiger partial charge in [0.15, 0.2) is 0 Å². The average Bonchev–Trinajstić information content (AvgIpc) is 2.18. The predicted molar refractivity (Wildman–Crippen MR) is 61.7 cm³/mol. The van der Waals surface area contributed by atoms with Gasteiger partial charge in [0, 0.05) is 19.0 Å². The van der Waals surface area contributed by atoms with E-state index in [1.54, 1.807) is 0 Å². The number of hydrogen-bond acceptors (Lipinski definition) is 3. The van der Waals surface area contributed by atoms with Gasteiger partial charge in [0.1, 0.15) is 0 Å². The molecule has 1 heterocycles. The second-order valence-corrected chi connectivity index (χ2v) is 5.52. The largest absolute Gasteiger partial charge is 0.392 e. The summed E-state index contributed by atoms with van der Waals surface area (Å²) in [5, 5.41) is 9.91. The Bertz CT molecular complexity index is 144. The zero-order chi connectivity index (χ0) is 10.4. The number of aliphatic hydroxyl groups is 1. The third-order valence-electron chi connectivity index (χ3n) is 2.55. The van der Waals surface area contributed by atoms with Gasteiger partial charge in [-0.25, -0.2) is 0 Å². The van der Waals surface area contributed by atoms with E-state index in [4.69, 9.17) is 4.74 Å². The highest BCUT2D eigenvalue weighted by molar-refractivity contribution is 7.99. The Hall–Kier alpha value is 0.270. The minimum absolute atomic E-state index is 0.123. The summed E-state index contributed by atoms with van der Waals surface area (Å²) in [6.45, 7) is 6.09. The summed E-state index contributed by atoms with van der Waals surface area (Å²) in [5.74, 6) is 3.24. The fourth-order valence-corrected chi connectivity index (χ4v) is 2.78. The van der Waals surface area contributed by atoms with Crippen LogP contribution in [-0.4, -0.2) is 35.9 Å². The summed E-state index contributed by atoms with van der Waals surface area (Å²) in [6, 6.07) is 0. The van der Waals surface area contributed by atoms with Crippen molar-refractivity contribution in [1.29, 1.82) is 0 Å². The highest BCUT2D eigenvalue weighted by Gasteiger charge is 2.21. The van der Waals surface area contributed by atoms with E-state index in [0.29, 0.717) is 5.92 Å². The van der Waals surface area contributed by atoms with Gasteiger partial charge in [-0.3, -0.25) is 0 Å². The summed E-state index contributed by atoms with van der Waals surface area (Å²) < 4.78 is 5.27. The first-order valence-corrected chi connectivity index (χ1v) is 6.69. The van der Waals surface area contributed by atoms with Gasteiger partial charge in [-0.1, -0.05) is 13.8 Å². The monoisotopic (exact) mass is 218 g/mol. The van der Waals surface area contributed by atoms with Crippen molar-refractivity contribution >= 4 is 11.8 Å². The number of aliphatic hydroxyl groups excluding tert-OH is 1. The molecule has 1 fully saturated rings. The van der Waals surface area contributed by atoms with Gasteiger partial charge < -0.3 is 9.84 Å². The van der Waals surface area contributed by atoms with Crippen molar-refractivity contribution in [2.45, 2.75) is 32.8 Å². The highest BCUT2D eigenvalue weighted by atomic mass is 32.2. The average molecular weight is 218 g/mol. The molecule has 0 amide bonds. The van der Waals surface area contributed by atoms with E-state index in [-0.39, 0.29) is 6.10 Å². The number of thioether (sulfide) groups is 1. The van der Waals surface area contributed by atoms with E-state index in [0.717, 1.165) is 43.5 Å². The van der Waals surface area contributed by atoms with Crippen LogP contribution in [0.2, 0.25) is 0 Å². The maximum absolute atomic E-state index is 9.91. The van der Waals surface area contributed by atoms with Crippen LogP contribution in [0.15, 0.2) is 0 Å². The van der Waals surface area contributed by atoms with Crippen molar-refractivity contribution in [3.63, 3.8) is 0 Å². The molecule has 14 heavy (non-hydrogen) atoms. The first kappa shape index (κ1) is 12.3. The molecule has 0 radical (unpaired) electrons. The molecule has 0 aliphatic carbocycles. The molecule has 0 aromatic rings. The quantitative estimate of drug-likeness (QED) is 0.767. The van der Waals surface area contributed by atoms with E-state index in [2.05, 4.69) is 13.8 Å². The second kappa shape index (κ2) is 6.70. The van der Waals surface area contributed by atoms with E-state index in [1.165, 1.54) is 0 Å². The van der Waals surface area contributed by atoms with Crippen LogP contribution in [0.25, 0.3) is 0 Å². The van der Waals surface area contributed by atoms with Gasteiger partial charge in [-0.2, -0.15) is 11.8 Å². The zero-order valence-corrected chi connectivity index (χ0v) is 10.1. The van der Waals surface area contributed by atoms with E-state index in [9.17, 15) is 5.11 Å². The molecule has 2 nitrogen and oxygen atoms in total. The molecule has 0 aromatic heterocycles. The van der Waals surface area contributed by atoms with Crippen LogP contribution >= 0.6 is 11.8 Å². The third-order valence-corrected chi connectivity index (χ3v) is 4.03. The smallest absolute Gasteiger partial charge is 0.0660 e. The van der Waals surface area contributed by atoms with Crippen molar-refractivity contribution in [1.82, 2.24) is 0 Å². The highest BCUT2D eigenvalue weighted by Crippen LogP contribution is 2.22. The maximum Gasteiger partial charge on any atom is 0.0660 e. The SMILES string of the molecule is CC(C)CSCC(O)C1CCOCC1.